The predicted molar refractivity (Wildman–Crippen MR) is 97.9 cm³/mol. The summed E-state index contributed by atoms with van der Waals surface area (Å²) in [7, 11) is 0. The molecule has 1 fully saturated rings. The number of carbonyl (C=O) groups excluding carboxylic acids is 2. The van der Waals surface area contributed by atoms with Crippen molar-refractivity contribution >= 4 is 45.0 Å². The Balaban J connectivity index is 1.62. The van der Waals surface area contributed by atoms with Gasteiger partial charge in [0.1, 0.15) is 5.92 Å². The Morgan fingerprint density at radius 2 is 2.00 bits per heavy atom. The lowest BCUT2D eigenvalue weighted by molar-refractivity contribution is -0.132. The average Bonchev–Trinajstić information content (AvgIpc) is 2.95. The zero-order valence-corrected chi connectivity index (χ0v) is 15.2. The number of anilines is 1. The highest BCUT2D eigenvalue weighted by Crippen LogP contribution is 2.26. The van der Waals surface area contributed by atoms with Crippen LogP contribution in [0.2, 0.25) is 5.02 Å². The molecule has 1 aliphatic rings. The SMILES string of the molecule is O=C(NCc1cccc(Br)c1)[C@H]1CCN(c2ccc(Cl)cc2)C1=O. The van der Waals surface area contributed by atoms with Gasteiger partial charge in [-0.05, 0) is 48.4 Å². The second kappa shape index (κ2) is 7.36. The highest BCUT2D eigenvalue weighted by atomic mass is 79.9. The quantitative estimate of drug-likeness (QED) is 0.784. The van der Waals surface area contributed by atoms with Crippen LogP contribution in [0, 0.1) is 5.92 Å². The molecule has 1 heterocycles. The molecule has 0 unspecified atom stereocenters. The lowest BCUT2D eigenvalue weighted by atomic mass is 10.1. The van der Waals surface area contributed by atoms with Crippen molar-refractivity contribution in [3.05, 3.63) is 63.6 Å². The molecule has 124 valence electrons. The van der Waals surface area contributed by atoms with Crippen molar-refractivity contribution in [1.29, 1.82) is 0 Å². The minimum Gasteiger partial charge on any atom is -0.351 e. The van der Waals surface area contributed by atoms with Crippen LogP contribution in [0.5, 0.6) is 0 Å². The van der Waals surface area contributed by atoms with Gasteiger partial charge in [0, 0.05) is 28.3 Å². The van der Waals surface area contributed by atoms with Gasteiger partial charge in [0.05, 0.1) is 0 Å². The number of halogens is 2. The molecule has 2 aromatic carbocycles. The molecule has 1 N–H and O–H groups in total. The highest BCUT2D eigenvalue weighted by Gasteiger charge is 2.37. The molecular weight excluding hydrogens is 392 g/mol. The fourth-order valence-electron chi connectivity index (χ4n) is 2.76. The van der Waals surface area contributed by atoms with Crippen molar-refractivity contribution in [2.45, 2.75) is 13.0 Å². The molecule has 0 aliphatic carbocycles. The molecule has 1 aliphatic heterocycles. The van der Waals surface area contributed by atoms with E-state index in [4.69, 9.17) is 11.6 Å². The Morgan fingerprint density at radius 3 is 2.71 bits per heavy atom. The summed E-state index contributed by atoms with van der Waals surface area (Å²) in [5.74, 6) is -1.02. The molecule has 4 nitrogen and oxygen atoms in total. The first kappa shape index (κ1) is 17.0. The van der Waals surface area contributed by atoms with Gasteiger partial charge in [0.15, 0.2) is 0 Å². The highest BCUT2D eigenvalue weighted by molar-refractivity contribution is 9.10. The summed E-state index contributed by atoms with van der Waals surface area (Å²) in [6.07, 6.45) is 0.520. The van der Waals surface area contributed by atoms with Gasteiger partial charge in [-0.25, -0.2) is 0 Å². The van der Waals surface area contributed by atoms with Gasteiger partial charge in [-0.3, -0.25) is 9.59 Å². The molecule has 2 aromatic rings. The number of hydrogen-bond donors (Lipinski definition) is 1. The first-order valence-electron chi connectivity index (χ1n) is 7.64. The number of nitrogens with one attached hydrogen (secondary N) is 1. The Hall–Kier alpha value is -1.85. The number of benzene rings is 2. The summed E-state index contributed by atoms with van der Waals surface area (Å²) >= 11 is 9.27. The summed E-state index contributed by atoms with van der Waals surface area (Å²) in [5.41, 5.74) is 1.75. The van der Waals surface area contributed by atoms with Gasteiger partial charge < -0.3 is 10.2 Å². The summed E-state index contributed by atoms with van der Waals surface area (Å²) in [6, 6.07) is 14.8. The molecule has 24 heavy (non-hydrogen) atoms. The largest absolute Gasteiger partial charge is 0.351 e. The summed E-state index contributed by atoms with van der Waals surface area (Å²) < 4.78 is 0.958. The van der Waals surface area contributed by atoms with Gasteiger partial charge in [-0.2, -0.15) is 0 Å². The zero-order chi connectivity index (χ0) is 17.1. The second-order valence-electron chi connectivity index (χ2n) is 5.66. The first-order chi connectivity index (χ1) is 11.5. The molecule has 0 radical (unpaired) electrons. The third kappa shape index (κ3) is 3.79. The van der Waals surface area contributed by atoms with Crippen molar-refractivity contribution < 1.29 is 9.59 Å². The standard InChI is InChI=1S/C18H16BrClN2O2/c19-13-3-1-2-12(10-13)11-21-17(23)16-8-9-22(18(16)24)15-6-4-14(20)5-7-15/h1-7,10,16H,8-9,11H2,(H,21,23)/t16-/m1/s1. The Bertz CT molecular complexity index is 764. The van der Waals surface area contributed by atoms with Crippen LogP contribution < -0.4 is 10.2 Å². The van der Waals surface area contributed by atoms with Crippen molar-refractivity contribution in [3.8, 4) is 0 Å². The Labute approximate surface area is 153 Å². The molecule has 0 spiro atoms. The zero-order valence-electron chi connectivity index (χ0n) is 12.8. The maximum atomic E-state index is 12.5. The van der Waals surface area contributed by atoms with Crippen molar-refractivity contribution in [1.82, 2.24) is 5.32 Å². The van der Waals surface area contributed by atoms with E-state index in [1.165, 1.54) is 0 Å². The van der Waals surface area contributed by atoms with Crippen LogP contribution in [0.15, 0.2) is 53.0 Å². The van der Waals surface area contributed by atoms with E-state index in [9.17, 15) is 9.59 Å². The maximum absolute atomic E-state index is 12.5. The van der Waals surface area contributed by atoms with Gasteiger partial charge in [-0.15, -0.1) is 0 Å². The van der Waals surface area contributed by atoms with E-state index in [0.717, 1.165) is 15.7 Å². The number of amides is 2. The van der Waals surface area contributed by atoms with E-state index in [2.05, 4.69) is 21.2 Å². The van der Waals surface area contributed by atoms with Crippen LogP contribution in [0.25, 0.3) is 0 Å². The minimum atomic E-state index is -0.632. The third-order valence-corrected chi connectivity index (χ3v) is 4.76. The van der Waals surface area contributed by atoms with Crippen LogP contribution in [0.3, 0.4) is 0 Å². The van der Waals surface area contributed by atoms with E-state index in [1.807, 2.05) is 24.3 Å². The van der Waals surface area contributed by atoms with E-state index < -0.39 is 5.92 Å². The molecule has 2 amide bonds. The summed E-state index contributed by atoms with van der Waals surface area (Å²) in [5, 5.41) is 3.47. The Kier molecular flexibility index (Phi) is 5.21. The van der Waals surface area contributed by atoms with Gasteiger partial charge in [0.25, 0.3) is 0 Å². The van der Waals surface area contributed by atoms with E-state index >= 15 is 0 Å². The first-order valence-corrected chi connectivity index (χ1v) is 8.81. The normalized spacial score (nSPS) is 17.2. The topological polar surface area (TPSA) is 49.4 Å². The molecule has 1 saturated heterocycles. The van der Waals surface area contributed by atoms with Crippen molar-refractivity contribution in [3.63, 3.8) is 0 Å². The van der Waals surface area contributed by atoms with Crippen LogP contribution in [0.1, 0.15) is 12.0 Å². The number of hydrogen-bond acceptors (Lipinski definition) is 2. The van der Waals surface area contributed by atoms with Crippen molar-refractivity contribution in [2.24, 2.45) is 5.92 Å². The molecule has 0 bridgehead atoms. The van der Waals surface area contributed by atoms with Crippen LogP contribution in [-0.4, -0.2) is 18.4 Å². The smallest absolute Gasteiger partial charge is 0.239 e. The molecule has 1 atom stereocenters. The molecule has 3 rings (SSSR count). The summed E-state index contributed by atoms with van der Waals surface area (Å²) in [6.45, 7) is 0.943. The van der Waals surface area contributed by atoms with Gasteiger partial charge >= 0.3 is 0 Å². The maximum Gasteiger partial charge on any atom is 0.239 e. The van der Waals surface area contributed by atoms with E-state index in [0.29, 0.717) is 24.5 Å². The number of rotatable bonds is 4. The Morgan fingerprint density at radius 1 is 1.25 bits per heavy atom. The monoisotopic (exact) mass is 406 g/mol. The van der Waals surface area contributed by atoms with Crippen LogP contribution in [0.4, 0.5) is 5.69 Å². The lowest BCUT2D eigenvalue weighted by Gasteiger charge is -2.17. The lowest BCUT2D eigenvalue weighted by Crippen LogP contribution is -2.36. The number of carbonyl (C=O) groups is 2. The molecule has 0 saturated carbocycles. The van der Waals surface area contributed by atoms with Crippen molar-refractivity contribution in [2.75, 3.05) is 11.4 Å². The fourth-order valence-corrected chi connectivity index (χ4v) is 3.33. The third-order valence-electron chi connectivity index (χ3n) is 4.02. The fraction of sp³-hybridized carbons (Fsp3) is 0.222. The van der Waals surface area contributed by atoms with Crippen LogP contribution in [-0.2, 0) is 16.1 Å². The summed E-state index contributed by atoms with van der Waals surface area (Å²) in [4.78, 5) is 26.5. The second-order valence-corrected chi connectivity index (χ2v) is 7.01. The average molecular weight is 408 g/mol. The van der Waals surface area contributed by atoms with Gasteiger partial charge in [0.2, 0.25) is 11.8 Å². The van der Waals surface area contributed by atoms with Gasteiger partial charge in [-0.1, -0.05) is 39.7 Å². The van der Waals surface area contributed by atoms with E-state index in [1.54, 1.807) is 29.2 Å². The molecular formula is C18H16BrClN2O2. The number of nitrogens with zero attached hydrogens (tertiary/aromatic N) is 1. The minimum absolute atomic E-state index is 0.163. The molecule has 6 heteroatoms. The van der Waals surface area contributed by atoms with Crippen LogP contribution >= 0.6 is 27.5 Å². The predicted octanol–water partition coefficient (Wildman–Crippen LogP) is 3.77. The van der Waals surface area contributed by atoms with E-state index in [-0.39, 0.29) is 11.8 Å². The molecule has 0 aromatic heterocycles.